The van der Waals surface area contributed by atoms with E-state index in [2.05, 4.69) is 29.8 Å². The number of benzene rings is 3. The van der Waals surface area contributed by atoms with Crippen LogP contribution in [0, 0.1) is 0 Å². The highest BCUT2D eigenvalue weighted by Crippen LogP contribution is 2.36. The number of aromatic nitrogens is 1. The predicted molar refractivity (Wildman–Crippen MR) is 141 cm³/mol. The van der Waals surface area contributed by atoms with Gasteiger partial charge in [-0.2, -0.15) is 0 Å². The number of para-hydroxylation sites is 2. The lowest BCUT2D eigenvalue weighted by Gasteiger charge is -2.16. The van der Waals surface area contributed by atoms with Crippen LogP contribution < -0.4 is 0 Å². The number of aliphatic imine (C=N–C) groups is 1. The number of carbonyl (C=O) groups is 2. The summed E-state index contributed by atoms with van der Waals surface area (Å²) < 4.78 is 2.17. The van der Waals surface area contributed by atoms with E-state index in [-0.39, 0.29) is 11.5 Å². The molecule has 5 rings (SSSR count). The third-order valence-electron chi connectivity index (χ3n) is 5.86. The van der Waals surface area contributed by atoms with Gasteiger partial charge in [-0.1, -0.05) is 48.5 Å². The van der Waals surface area contributed by atoms with Gasteiger partial charge in [-0.15, -0.1) is 0 Å². The number of nitrogens with zero attached hydrogens (tertiary/aromatic N) is 3. The SMILES string of the molecule is CCn1cc(/C=C2\SC(=Nc3ccccc3)N(Cc3ccc(C(=O)O)cc3)C2=O)c2ccccc21. The maximum atomic E-state index is 13.6. The van der Waals surface area contributed by atoms with Crippen LogP contribution in [-0.4, -0.2) is 31.6 Å². The van der Waals surface area contributed by atoms with Gasteiger partial charge in [-0.3, -0.25) is 9.69 Å². The number of hydrogen-bond donors (Lipinski definition) is 1. The number of amides is 1. The van der Waals surface area contributed by atoms with E-state index in [4.69, 9.17) is 4.99 Å². The Balaban J connectivity index is 1.53. The average molecular weight is 482 g/mol. The monoisotopic (exact) mass is 481 g/mol. The van der Waals surface area contributed by atoms with E-state index in [1.807, 2.05) is 48.5 Å². The Labute approximate surface area is 207 Å². The minimum absolute atomic E-state index is 0.125. The van der Waals surface area contributed by atoms with E-state index in [1.165, 1.54) is 11.8 Å². The first-order chi connectivity index (χ1) is 17.0. The molecule has 1 aliphatic heterocycles. The van der Waals surface area contributed by atoms with Crippen molar-refractivity contribution in [1.29, 1.82) is 0 Å². The van der Waals surface area contributed by atoms with Gasteiger partial charge in [0.2, 0.25) is 0 Å². The zero-order valence-corrected chi connectivity index (χ0v) is 19.9. The summed E-state index contributed by atoms with van der Waals surface area (Å²) in [7, 11) is 0. The molecule has 174 valence electrons. The van der Waals surface area contributed by atoms with Crippen LogP contribution in [0.4, 0.5) is 5.69 Å². The molecule has 1 fully saturated rings. The largest absolute Gasteiger partial charge is 0.478 e. The summed E-state index contributed by atoms with van der Waals surface area (Å²) in [4.78, 5) is 31.8. The molecule has 7 heteroatoms. The molecule has 1 N–H and O–H groups in total. The minimum atomic E-state index is -0.979. The summed E-state index contributed by atoms with van der Waals surface area (Å²) in [6, 6.07) is 24.3. The molecule has 0 saturated carbocycles. The van der Waals surface area contributed by atoms with Gasteiger partial charge in [-0.05, 0) is 60.7 Å². The first-order valence-corrected chi connectivity index (χ1v) is 12.1. The van der Waals surface area contributed by atoms with Gasteiger partial charge in [0.25, 0.3) is 5.91 Å². The van der Waals surface area contributed by atoms with E-state index in [1.54, 1.807) is 29.2 Å². The van der Waals surface area contributed by atoms with Crippen molar-refractivity contribution in [3.63, 3.8) is 0 Å². The number of amidine groups is 1. The van der Waals surface area contributed by atoms with E-state index in [9.17, 15) is 14.7 Å². The molecule has 0 spiro atoms. The number of thioether (sulfide) groups is 1. The molecule has 3 aromatic carbocycles. The van der Waals surface area contributed by atoms with Crippen molar-refractivity contribution in [2.45, 2.75) is 20.0 Å². The second-order valence-corrected chi connectivity index (χ2v) is 9.13. The molecule has 0 atom stereocenters. The fraction of sp³-hybridized carbons (Fsp3) is 0.107. The van der Waals surface area contributed by atoms with Crippen LogP contribution in [0.15, 0.2) is 95.0 Å². The number of aromatic carboxylic acids is 1. The number of rotatable bonds is 6. The molecule has 0 radical (unpaired) electrons. The van der Waals surface area contributed by atoms with Gasteiger partial charge >= 0.3 is 5.97 Å². The lowest BCUT2D eigenvalue weighted by molar-refractivity contribution is -0.122. The Bertz CT molecular complexity index is 1470. The molecule has 1 saturated heterocycles. The molecule has 4 aromatic rings. The molecule has 1 amide bonds. The van der Waals surface area contributed by atoms with E-state index >= 15 is 0 Å². The van der Waals surface area contributed by atoms with E-state index < -0.39 is 5.97 Å². The topological polar surface area (TPSA) is 74.9 Å². The average Bonchev–Trinajstić information content (AvgIpc) is 3.38. The van der Waals surface area contributed by atoms with Crippen molar-refractivity contribution in [1.82, 2.24) is 9.47 Å². The maximum absolute atomic E-state index is 13.6. The van der Waals surface area contributed by atoms with Crippen LogP contribution in [0.25, 0.3) is 17.0 Å². The standard InChI is InChI=1S/C28H23N3O3S/c1-2-30-18-21(23-10-6-7-11-24(23)30)16-25-26(32)31(17-19-12-14-20(15-13-19)27(33)34)28(35-25)29-22-8-4-3-5-9-22/h3-16,18H,2,17H2,1H3,(H,33,34)/b25-16-,29-28?. The molecule has 6 nitrogen and oxygen atoms in total. The lowest BCUT2D eigenvalue weighted by atomic mass is 10.1. The van der Waals surface area contributed by atoms with Gasteiger partial charge in [0, 0.05) is 29.2 Å². The van der Waals surface area contributed by atoms with Crippen molar-refractivity contribution in [3.05, 3.63) is 107 Å². The van der Waals surface area contributed by atoms with E-state index in [0.717, 1.165) is 34.3 Å². The summed E-state index contributed by atoms with van der Waals surface area (Å²) in [5.74, 6) is -1.10. The van der Waals surface area contributed by atoms with Crippen LogP contribution >= 0.6 is 11.8 Å². The van der Waals surface area contributed by atoms with E-state index in [0.29, 0.717) is 16.6 Å². The quantitative estimate of drug-likeness (QED) is 0.335. The summed E-state index contributed by atoms with van der Waals surface area (Å²) in [5.41, 5.74) is 3.92. The number of aryl methyl sites for hydroxylation is 1. The first kappa shape index (κ1) is 22.7. The Morgan fingerprint density at radius 2 is 1.71 bits per heavy atom. The Morgan fingerprint density at radius 3 is 2.43 bits per heavy atom. The zero-order valence-electron chi connectivity index (χ0n) is 19.1. The molecular formula is C28H23N3O3S. The van der Waals surface area contributed by atoms with Crippen molar-refractivity contribution in [2.24, 2.45) is 4.99 Å². The minimum Gasteiger partial charge on any atom is -0.478 e. The molecule has 0 bridgehead atoms. The molecule has 1 aliphatic rings. The third-order valence-corrected chi connectivity index (χ3v) is 6.86. The highest BCUT2D eigenvalue weighted by Gasteiger charge is 2.33. The highest BCUT2D eigenvalue weighted by molar-refractivity contribution is 8.18. The predicted octanol–water partition coefficient (Wildman–Crippen LogP) is 6.16. The smallest absolute Gasteiger partial charge is 0.335 e. The van der Waals surface area contributed by atoms with Crippen LogP contribution in [0.2, 0.25) is 0 Å². The second-order valence-electron chi connectivity index (χ2n) is 8.12. The zero-order chi connectivity index (χ0) is 24.4. The fourth-order valence-electron chi connectivity index (χ4n) is 4.07. The van der Waals surface area contributed by atoms with Gasteiger partial charge < -0.3 is 9.67 Å². The summed E-state index contributed by atoms with van der Waals surface area (Å²) >= 11 is 1.35. The van der Waals surface area contributed by atoms with Crippen LogP contribution in [0.1, 0.15) is 28.4 Å². The molecule has 35 heavy (non-hydrogen) atoms. The normalized spacial score (nSPS) is 16.0. The van der Waals surface area contributed by atoms with Gasteiger partial charge in [0.1, 0.15) is 0 Å². The number of carbonyl (C=O) groups excluding carboxylic acids is 1. The lowest BCUT2D eigenvalue weighted by Crippen LogP contribution is -2.28. The van der Waals surface area contributed by atoms with Crippen molar-refractivity contribution in [2.75, 3.05) is 0 Å². The number of hydrogen-bond acceptors (Lipinski definition) is 4. The fourth-order valence-corrected chi connectivity index (χ4v) is 5.06. The number of carboxylic acids is 1. The van der Waals surface area contributed by atoms with Gasteiger partial charge in [-0.25, -0.2) is 9.79 Å². The Hall–Kier alpha value is -4.10. The summed E-state index contributed by atoms with van der Waals surface area (Å²) in [6.07, 6.45) is 4.02. The number of fused-ring (bicyclic) bond motifs is 1. The van der Waals surface area contributed by atoms with Crippen molar-refractivity contribution < 1.29 is 14.7 Å². The molecule has 0 aliphatic carbocycles. The molecular weight excluding hydrogens is 458 g/mol. The molecule has 2 heterocycles. The second kappa shape index (κ2) is 9.64. The van der Waals surface area contributed by atoms with Gasteiger partial charge in [0.15, 0.2) is 5.17 Å². The number of carboxylic acid groups (broad SMARTS) is 1. The first-order valence-electron chi connectivity index (χ1n) is 11.3. The summed E-state index contributed by atoms with van der Waals surface area (Å²) in [6.45, 7) is 3.23. The Morgan fingerprint density at radius 1 is 1.00 bits per heavy atom. The van der Waals surface area contributed by atoms with Crippen LogP contribution in [0.3, 0.4) is 0 Å². The van der Waals surface area contributed by atoms with Crippen LogP contribution in [-0.2, 0) is 17.9 Å². The third kappa shape index (κ3) is 4.63. The maximum Gasteiger partial charge on any atom is 0.335 e. The highest BCUT2D eigenvalue weighted by atomic mass is 32.2. The summed E-state index contributed by atoms with van der Waals surface area (Å²) in [5, 5.41) is 10.9. The van der Waals surface area contributed by atoms with Crippen molar-refractivity contribution in [3.8, 4) is 0 Å². The molecule has 1 aromatic heterocycles. The molecule has 0 unspecified atom stereocenters. The van der Waals surface area contributed by atoms with Crippen molar-refractivity contribution >= 4 is 51.5 Å². The van der Waals surface area contributed by atoms with Gasteiger partial charge in [0.05, 0.1) is 22.7 Å². The Kier molecular flexibility index (Phi) is 6.25. The van der Waals surface area contributed by atoms with Crippen LogP contribution in [0.5, 0.6) is 0 Å².